The van der Waals surface area contributed by atoms with Gasteiger partial charge in [0.25, 0.3) is 0 Å². The molecule has 0 atom stereocenters. The van der Waals surface area contributed by atoms with Crippen molar-refractivity contribution in [3.8, 4) is 0 Å². The third kappa shape index (κ3) is 5.57. The average molecular weight is 158 g/mol. The van der Waals surface area contributed by atoms with Crippen LogP contribution < -0.4 is 5.73 Å². The Labute approximate surface area is 66.5 Å². The van der Waals surface area contributed by atoms with Gasteiger partial charge in [0.2, 0.25) is 0 Å². The summed E-state index contributed by atoms with van der Waals surface area (Å²) >= 11 is 0. The fourth-order valence-corrected chi connectivity index (χ4v) is 0.629. The van der Waals surface area contributed by atoms with Gasteiger partial charge in [0, 0.05) is 19.9 Å². The normalized spacial score (nSPS) is 11.6. The number of rotatable bonds is 5. The molecule has 0 aliphatic carbocycles. The van der Waals surface area contributed by atoms with Gasteiger partial charge in [-0.1, -0.05) is 0 Å². The summed E-state index contributed by atoms with van der Waals surface area (Å²) in [6, 6.07) is 0. The van der Waals surface area contributed by atoms with Gasteiger partial charge in [-0.05, 0) is 6.08 Å². The Morgan fingerprint density at radius 1 is 1.36 bits per heavy atom. The number of hydrogen-bond donors (Lipinski definition) is 2. The smallest absolute Gasteiger partial charge is 0.0877 e. The molecule has 0 aromatic heterocycles. The van der Waals surface area contributed by atoms with E-state index in [4.69, 9.17) is 20.6 Å². The van der Waals surface area contributed by atoms with Crippen LogP contribution in [0.1, 0.15) is 0 Å². The van der Waals surface area contributed by atoms with E-state index in [-0.39, 0.29) is 6.61 Å². The molecule has 0 fully saturated rings. The highest BCUT2D eigenvalue weighted by molar-refractivity contribution is 5.93. The number of ether oxygens (including phenoxy) is 2. The van der Waals surface area contributed by atoms with Crippen LogP contribution in [0.25, 0.3) is 0 Å². The molecular weight excluding hydrogens is 144 g/mol. The molecule has 0 aliphatic heterocycles. The summed E-state index contributed by atoms with van der Waals surface area (Å²) in [5.41, 5.74) is 6.34. The topological polar surface area (TPSA) is 68.3 Å². The van der Waals surface area contributed by atoms with Gasteiger partial charge >= 0.3 is 0 Å². The molecule has 0 aromatic rings. The Morgan fingerprint density at radius 3 is 2.36 bits per heavy atom. The van der Waals surface area contributed by atoms with E-state index in [1.54, 1.807) is 7.11 Å². The maximum Gasteiger partial charge on any atom is 0.0877 e. The Morgan fingerprint density at radius 2 is 1.91 bits per heavy atom. The maximum atomic E-state index is 7.26. The molecule has 0 spiro atoms. The molecule has 0 saturated heterocycles. The summed E-state index contributed by atoms with van der Waals surface area (Å²) < 4.78 is 9.47. The first kappa shape index (κ1) is 10.1. The summed E-state index contributed by atoms with van der Waals surface area (Å²) in [6.07, 6.45) is 1.53. The molecule has 0 aliphatic rings. The van der Waals surface area contributed by atoms with Gasteiger partial charge in [-0.3, -0.25) is 0 Å². The summed E-state index contributed by atoms with van der Waals surface area (Å²) in [5, 5.41) is 7.26. The van der Waals surface area contributed by atoms with Crippen LogP contribution in [0, 0.1) is 5.41 Å². The fourth-order valence-electron chi connectivity index (χ4n) is 0.629. The highest BCUT2D eigenvalue weighted by Crippen LogP contribution is 1.86. The molecule has 11 heavy (non-hydrogen) atoms. The molecule has 0 unspecified atom stereocenters. The maximum absolute atomic E-state index is 7.26. The van der Waals surface area contributed by atoms with E-state index in [1.165, 1.54) is 13.2 Å². The number of nitrogens with two attached hydrogens (primary N) is 1. The van der Waals surface area contributed by atoms with Crippen molar-refractivity contribution in [1.82, 2.24) is 0 Å². The molecule has 0 amide bonds. The fraction of sp³-hybridized carbons (Fsp3) is 0.571. The zero-order valence-corrected chi connectivity index (χ0v) is 6.89. The molecule has 0 radical (unpaired) electrons. The zero-order valence-electron chi connectivity index (χ0n) is 6.89. The zero-order chi connectivity index (χ0) is 8.69. The lowest BCUT2D eigenvalue weighted by atomic mass is 10.3. The quantitative estimate of drug-likeness (QED) is 0.559. The van der Waals surface area contributed by atoms with Crippen LogP contribution in [0.3, 0.4) is 0 Å². The van der Waals surface area contributed by atoms with Crippen molar-refractivity contribution in [2.75, 3.05) is 27.4 Å². The van der Waals surface area contributed by atoms with Gasteiger partial charge < -0.3 is 20.6 Å². The minimum Gasteiger partial charge on any atom is -0.400 e. The Kier molecular flexibility index (Phi) is 5.42. The third-order valence-corrected chi connectivity index (χ3v) is 0.970. The lowest BCUT2D eigenvalue weighted by Gasteiger charge is -1.99. The molecule has 0 bridgehead atoms. The van der Waals surface area contributed by atoms with Crippen LogP contribution >= 0.6 is 0 Å². The van der Waals surface area contributed by atoms with Crippen LogP contribution in [-0.4, -0.2) is 33.1 Å². The molecule has 4 heteroatoms. The Balaban J connectivity index is 3.76. The van der Waals surface area contributed by atoms with E-state index in [1.807, 2.05) is 0 Å². The lowest BCUT2D eigenvalue weighted by molar-refractivity contribution is 0.224. The van der Waals surface area contributed by atoms with Crippen molar-refractivity contribution < 1.29 is 9.47 Å². The first-order valence-corrected chi connectivity index (χ1v) is 3.22. The van der Waals surface area contributed by atoms with Gasteiger partial charge in [0.1, 0.15) is 0 Å². The Hall–Kier alpha value is -0.870. The molecule has 4 nitrogen and oxygen atoms in total. The second-order valence-electron chi connectivity index (χ2n) is 2.11. The van der Waals surface area contributed by atoms with Crippen LogP contribution in [0.15, 0.2) is 11.8 Å². The standard InChI is InChI=1S/C7H14N2O2/c1-10-4-6(8)3-7(9)5-11-2/h3,8H,4-5,9H2,1-2H3. The summed E-state index contributed by atoms with van der Waals surface area (Å²) in [7, 11) is 3.09. The highest BCUT2D eigenvalue weighted by atomic mass is 16.5. The van der Waals surface area contributed by atoms with Gasteiger partial charge in [0.05, 0.1) is 18.9 Å². The van der Waals surface area contributed by atoms with Gasteiger partial charge in [0.15, 0.2) is 0 Å². The minimum atomic E-state index is 0.282. The SMILES string of the molecule is COCC(=N)C=C(N)COC. The monoisotopic (exact) mass is 158 g/mol. The van der Waals surface area contributed by atoms with Gasteiger partial charge in [-0.25, -0.2) is 0 Å². The average Bonchev–Trinajstić information content (AvgIpc) is 1.87. The van der Waals surface area contributed by atoms with E-state index in [9.17, 15) is 0 Å². The molecule has 64 valence electrons. The molecule has 0 heterocycles. The lowest BCUT2D eigenvalue weighted by Crippen LogP contribution is -2.10. The molecule has 0 saturated carbocycles. The predicted octanol–water partition coefficient (Wildman–Crippen LogP) is 0.142. The van der Waals surface area contributed by atoms with E-state index >= 15 is 0 Å². The van der Waals surface area contributed by atoms with Crippen molar-refractivity contribution in [3.63, 3.8) is 0 Å². The predicted molar refractivity (Wildman–Crippen MR) is 43.7 cm³/mol. The van der Waals surface area contributed by atoms with E-state index in [0.29, 0.717) is 18.0 Å². The van der Waals surface area contributed by atoms with Gasteiger partial charge in [-0.15, -0.1) is 0 Å². The van der Waals surface area contributed by atoms with Crippen LogP contribution in [0.5, 0.6) is 0 Å². The number of nitrogens with one attached hydrogen (secondary N) is 1. The Bertz CT molecular complexity index is 155. The van der Waals surface area contributed by atoms with Crippen LogP contribution in [0.2, 0.25) is 0 Å². The summed E-state index contributed by atoms with van der Waals surface area (Å²) in [4.78, 5) is 0. The summed E-state index contributed by atoms with van der Waals surface area (Å²) in [5.74, 6) is 0. The highest BCUT2D eigenvalue weighted by Gasteiger charge is 1.93. The first-order valence-electron chi connectivity index (χ1n) is 3.22. The van der Waals surface area contributed by atoms with Gasteiger partial charge in [-0.2, -0.15) is 0 Å². The molecule has 3 N–H and O–H groups in total. The second kappa shape index (κ2) is 5.88. The number of methoxy groups -OCH3 is 2. The summed E-state index contributed by atoms with van der Waals surface area (Å²) in [6.45, 7) is 0.635. The van der Waals surface area contributed by atoms with Crippen molar-refractivity contribution >= 4 is 5.71 Å². The first-order chi connectivity index (χ1) is 5.20. The van der Waals surface area contributed by atoms with Crippen LogP contribution in [0.4, 0.5) is 0 Å². The third-order valence-electron chi connectivity index (χ3n) is 0.970. The van der Waals surface area contributed by atoms with Crippen molar-refractivity contribution in [3.05, 3.63) is 11.8 Å². The minimum absolute atomic E-state index is 0.282. The van der Waals surface area contributed by atoms with Crippen LogP contribution in [-0.2, 0) is 9.47 Å². The van der Waals surface area contributed by atoms with E-state index < -0.39 is 0 Å². The van der Waals surface area contributed by atoms with E-state index in [0.717, 1.165) is 0 Å². The largest absolute Gasteiger partial charge is 0.400 e. The van der Waals surface area contributed by atoms with E-state index in [2.05, 4.69) is 0 Å². The van der Waals surface area contributed by atoms with Crippen molar-refractivity contribution in [1.29, 1.82) is 5.41 Å². The molecular formula is C7H14N2O2. The number of hydrogen-bond acceptors (Lipinski definition) is 4. The second-order valence-corrected chi connectivity index (χ2v) is 2.11. The van der Waals surface area contributed by atoms with Crippen molar-refractivity contribution in [2.45, 2.75) is 0 Å². The van der Waals surface area contributed by atoms with Crippen molar-refractivity contribution in [2.24, 2.45) is 5.73 Å². The molecule has 0 aromatic carbocycles. The molecule has 0 rings (SSSR count).